The first-order valence-electron chi connectivity index (χ1n) is 3.02. The molecule has 2 N–H and O–H groups in total. The number of nitrogens with zero attached hydrogens (tertiary/aromatic N) is 1. The molecule has 0 unspecified atom stereocenters. The van der Waals surface area contributed by atoms with Gasteiger partial charge in [0, 0.05) is 13.5 Å². The number of hydrogen-bond donors (Lipinski definition) is 1. The summed E-state index contributed by atoms with van der Waals surface area (Å²) in [6.45, 7) is 0.634. The van der Waals surface area contributed by atoms with Crippen molar-refractivity contribution in [3.05, 3.63) is 12.0 Å². The van der Waals surface area contributed by atoms with Crippen LogP contribution in [-0.4, -0.2) is 18.7 Å². The molecule has 0 saturated carbocycles. The second-order valence-corrected chi connectivity index (χ2v) is 1.91. The van der Waals surface area contributed by atoms with E-state index in [9.17, 15) is 0 Å². The van der Waals surface area contributed by atoms with Crippen molar-refractivity contribution in [3.63, 3.8) is 0 Å². The van der Waals surface area contributed by atoms with E-state index in [1.165, 1.54) is 0 Å². The third kappa shape index (κ3) is 1.73. The van der Waals surface area contributed by atoms with Crippen LogP contribution in [0.4, 0.5) is 6.01 Å². The van der Waals surface area contributed by atoms with E-state index < -0.39 is 0 Å². The number of oxazole rings is 1. The molecule has 0 spiro atoms. The summed E-state index contributed by atoms with van der Waals surface area (Å²) in [5.74, 6) is 0.763. The Hall–Kier alpha value is -1.03. The zero-order chi connectivity index (χ0) is 7.40. The van der Waals surface area contributed by atoms with E-state index in [-0.39, 0.29) is 6.01 Å². The summed E-state index contributed by atoms with van der Waals surface area (Å²) in [6, 6.07) is 0.214. The highest BCUT2D eigenvalue weighted by atomic mass is 16.5. The smallest absolute Gasteiger partial charge is 0.292 e. The van der Waals surface area contributed by atoms with Gasteiger partial charge in [-0.05, 0) is 0 Å². The lowest BCUT2D eigenvalue weighted by atomic mass is 10.4. The van der Waals surface area contributed by atoms with Crippen molar-refractivity contribution in [2.24, 2.45) is 0 Å². The van der Waals surface area contributed by atoms with Gasteiger partial charge < -0.3 is 14.9 Å². The summed E-state index contributed by atoms with van der Waals surface area (Å²) in [6.07, 6.45) is 2.33. The van der Waals surface area contributed by atoms with Gasteiger partial charge in [-0.3, -0.25) is 0 Å². The number of ether oxygens (including phenoxy) is 1. The molecule has 10 heavy (non-hydrogen) atoms. The number of nitrogen functional groups attached to an aromatic ring is 1. The number of rotatable bonds is 3. The molecule has 56 valence electrons. The molecule has 0 aliphatic rings. The van der Waals surface area contributed by atoms with E-state index >= 15 is 0 Å². The number of nitrogens with two attached hydrogens (primary N) is 1. The number of hydrogen-bond acceptors (Lipinski definition) is 4. The molecule has 0 saturated heterocycles. The van der Waals surface area contributed by atoms with Gasteiger partial charge in [-0.1, -0.05) is 0 Å². The summed E-state index contributed by atoms with van der Waals surface area (Å²) in [4.78, 5) is 3.73. The van der Waals surface area contributed by atoms with Crippen LogP contribution >= 0.6 is 0 Å². The topological polar surface area (TPSA) is 61.3 Å². The predicted molar refractivity (Wildman–Crippen MR) is 36.5 cm³/mol. The van der Waals surface area contributed by atoms with E-state index in [4.69, 9.17) is 14.9 Å². The quantitative estimate of drug-likeness (QED) is 0.665. The second kappa shape index (κ2) is 3.22. The highest BCUT2D eigenvalue weighted by Crippen LogP contribution is 2.04. The minimum Gasteiger partial charge on any atom is -0.429 e. The Balaban J connectivity index is 2.42. The molecule has 0 aliphatic heterocycles. The molecule has 0 atom stereocenters. The van der Waals surface area contributed by atoms with Gasteiger partial charge in [-0.2, -0.15) is 0 Å². The average Bonchev–Trinajstić information content (AvgIpc) is 2.31. The summed E-state index contributed by atoms with van der Waals surface area (Å²) >= 11 is 0. The van der Waals surface area contributed by atoms with E-state index in [0.29, 0.717) is 6.61 Å². The minimum atomic E-state index is 0.214. The Morgan fingerprint density at radius 3 is 3.10 bits per heavy atom. The molecular weight excluding hydrogens is 132 g/mol. The monoisotopic (exact) mass is 142 g/mol. The lowest BCUT2D eigenvalue weighted by Crippen LogP contribution is -1.91. The molecule has 0 radical (unpaired) electrons. The normalized spacial score (nSPS) is 10.1. The van der Waals surface area contributed by atoms with Crippen LogP contribution in [0.3, 0.4) is 0 Å². The van der Waals surface area contributed by atoms with Crippen LogP contribution in [0, 0.1) is 0 Å². The molecule has 4 nitrogen and oxygen atoms in total. The van der Waals surface area contributed by atoms with Crippen molar-refractivity contribution in [2.75, 3.05) is 19.5 Å². The molecule has 1 aromatic heterocycles. The molecule has 4 heteroatoms. The Morgan fingerprint density at radius 2 is 2.60 bits per heavy atom. The maximum Gasteiger partial charge on any atom is 0.292 e. The SMILES string of the molecule is COCCc1cnc(N)o1. The summed E-state index contributed by atoms with van der Waals surface area (Å²) in [5, 5.41) is 0. The molecule has 0 bridgehead atoms. The lowest BCUT2D eigenvalue weighted by Gasteiger charge is -1.91. The highest BCUT2D eigenvalue weighted by molar-refractivity contribution is 5.10. The Labute approximate surface area is 59.0 Å². The zero-order valence-electron chi connectivity index (χ0n) is 5.83. The van der Waals surface area contributed by atoms with E-state index in [2.05, 4.69) is 4.98 Å². The van der Waals surface area contributed by atoms with Crippen molar-refractivity contribution in [1.29, 1.82) is 0 Å². The highest BCUT2D eigenvalue weighted by Gasteiger charge is 1.97. The van der Waals surface area contributed by atoms with Gasteiger partial charge in [0.15, 0.2) is 0 Å². The molecular formula is C6H10N2O2. The van der Waals surface area contributed by atoms with Crippen LogP contribution < -0.4 is 5.73 Å². The van der Waals surface area contributed by atoms with Crippen LogP contribution in [-0.2, 0) is 11.2 Å². The fourth-order valence-electron chi connectivity index (χ4n) is 0.641. The molecule has 1 heterocycles. The van der Waals surface area contributed by atoms with Gasteiger partial charge >= 0.3 is 0 Å². The average molecular weight is 142 g/mol. The van der Waals surface area contributed by atoms with Crippen LogP contribution in [0.2, 0.25) is 0 Å². The van der Waals surface area contributed by atoms with Gasteiger partial charge in [0.05, 0.1) is 12.8 Å². The second-order valence-electron chi connectivity index (χ2n) is 1.91. The lowest BCUT2D eigenvalue weighted by molar-refractivity contribution is 0.197. The fraction of sp³-hybridized carbons (Fsp3) is 0.500. The Kier molecular flexibility index (Phi) is 2.28. The van der Waals surface area contributed by atoms with Crippen LogP contribution in [0.25, 0.3) is 0 Å². The first-order chi connectivity index (χ1) is 4.83. The number of aromatic nitrogens is 1. The molecule has 0 amide bonds. The maximum absolute atomic E-state index is 5.23. The van der Waals surface area contributed by atoms with Crippen molar-refractivity contribution >= 4 is 6.01 Å². The van der Waals surface area contributed by atoms with E-state index in [1.54, 1.807) is 13.3 Å². The zero-order valence-corrected chi connectivity index (χ0v) is 5.83. The van der Waals surface area contributed by atoms with Gasteiger partial charge in [-0.15, -0.1) is 0 Å². The minimum absolute atomic E-state index is 0.214. The van der Waals surface area contributed by atoms with Crippen molar-refractivity contribution in [3.8, 4) is 0 Å². The van der Waals surface area contributed by atoms with E-state index in [1.807, 2.05) is 0 Å². The first kappa shape index (κ1) is 7.08. The maximum atomic E-state index is 5.23. The third-order valence-corrected chi connectivity index (χ3v) is 1.12. The van der Waals surface area contributed by atoms with Crippen LogP contribution in [0.1, 0.15) is 5.76 Å². The number of anilines is 1. The fourth-order valence-corrected chi connectivity index (χ4v) is 0.641. The predicted octanol–water partition coefficient (Wildman–Crippen LogP) is 0.446. The Bertz CT molecular complexity index is 197. The van der Waals surface area contributed by atoms with Gasteiger partial charge in [0.2, 0.25) is 0 Å². The van der Waals surface area contributed by atoms with Crippen molar-refractivity contribution < 1.29 is 9.15 Å². The molecule has 0 aliphatic carbocycles. The van der Waals surface area contributed by atoms with Crippen molar-refractivity contribution in [2.45, 2.75) is 6.42 Å². The van der Waals surface area contributed by atoms with Gasteiger partial charge in [-0.25, -0.2) is 4.98 Å². The van der Waals surface area contributed by atoms with Crippen molar-refractivity contribution in [1.82, 2.24) is 4.98 Å². The standard InChI is InChI=1S/C6H10N2O2/c1-9-3-2-5-4-8-6(7)10-5/h4H,2-3H2,1H3,(H2,7,8). The molecule has 1 rings (SSSR count). The summed E-state index contributed by atoms with van der Waals surface area (Å²) in [5.41, 5.74) is 5.23. The summed E-state index contributed by atoms with van der Waals surface area (Å²) < 4.78 is 9.80. The molecule has 0 fully saturated rings. The molecule has 0 aromatic carbocycles. The van der Waals surface area contributed by atoms with E-state index in [0.717, 1.165) is 12.2 Å². The van der Waals surface area contributed by atoms with Gasteiger partial charge in [0.1, 0.15) is 5.76 Å². The largest absolute Gasteiger partial charge is 0.429 e. The summed E-state index contributed by atoms with van der Waals surface area (Å²) in [7, 11) is 1.64. The van der Waals surface area contributed by atoms with Crippen LogP contribution in [0.5, 0.6) is 0 Å². The Morgan fingerprint density at radius 1 is 1.80 bits per heavy atom. The molecule has 1 aromatic rings. The number of methoxy groups -OCH3 is 1. The third-order valence-electron chi connectivity index (χ3n) is 1.12. The van der Waals surface area contributed by atoms with Gasteiger partial charge in [0.25, 0.3) is 6.01 Å². The van der Waals surface area contributed by atoms with Crippen LogP contribution in [0.15, 0.2) is 10.6 Å². The first-order valence-corrected chi connectivity index (χ1v) is 3.02.